The Hall–Kier alpha value is -3.78. The molecule has 1 saturated heterocycles. The number of likely N-dealkylation sites (tertiary alicyclic amines) is 1. The number of alkyl halides is 3. The summed E-state index contributed by atoms with van der Waals surface area (Å²) in [6.07, 6.45) is -0.784. The van der Waals surface area contributed by atoms with Crippen LogP contribution in [0.4, 0.5) is 18.9 Å². The number of amides is 2. The molecule has 0 unspecified atom stereocenters. The highest BCUT2D eigenvalue weighted by Gasteiger charge is 2.46. The van der Waals surface area contributed by atoms with E-state index in [1.54, 1.807) is 33.9 Å². The molecule has 0 saturated carbocycles. The van der Waals surface area contributed by atoms with Gasteiger partial charge in [-0.1, -0.05) is 45.4 Å². The highest BCUT2D eigenvalue weighted by atomic mass is 79.9. The lowest BCUT2D eigenvalue weighted by Gasteiger charge is -2.39. The number of fused-ring (bicyclic) bond motifs is 3. The average molecular weight is 725 g/mol. The molecule has 246 valence electrons. The van der Waals surface area contributed by atoms with E-state index in [1.165, 1.54) is 0 Å². The zero-order valence-corrected chi connectivity index (χ0v) is 28.1. The number of benzene rings is 1. The van der Waals surface area contributed by atoms with Gasteiger partial charge >= 0.3 is 6.18 Å². The molecule has 2 aliphatic rings. The molecule has 0 radical (unpaired) electrons. The first-order valence-electron chi connectivity index (χ1n) is 15.0. The Labute approximate surface area is 277 Å². The van der Waals surface area contributed by atoms with E-state index in [4.69, 9.17) is 11.6 Å². The summed E-state index contributed by atoms with van der Waals surface area (Å²) in [5.74, 6) is -0.588. The van der Waals surface area contributed by atoms with Crippen molar-refractivity contribution in [1.82, 2.24) is 29.0 Å². The van der Waals surface area contributed by atoms with E-state index in [0.29, 0.717) is 55.7 Å². The van der Waals surface area contributed by atoms with Crippen LogP contribution >= 0.6 is 27.5 Å². The molecule has 46 heavy (non-hydrogen) atoms. The van der Waals surface area contributed by atoms with Gasteiger partial charge in [0, 0.05) is 36.0 Å². The van der Waals surface area contributed by atoms with Crippen LogP contribution in [-0.2, 0) is 29.4 Å². The van der Waals surface area contributed by atoms with Gasteiger partial charge in [-0.3, -0.25) is 19.4 Å². The number of piperidine rings is 1. The van der Waals surface area contributed by atoms with Crippen LogP contribution in [0.25, 0.3) is 5.78 Å². The molecule has 1 aliphatic heterocycles. The standard InChI is InChI=1S/C27H22BrClF3N7O3.2C2H6/c28-24-35-25-38(14-20(40)34-17-5-4-15(13-16(17)29)27(30,31)32)19-6-7-26(21(19)23(42)39(25)36-24)8-11-37(12-9-26)22(41)18-3-1-2-10-33-18;2*1-2/h1-5,10,13H,6-9,11-12,14H2,(H,34,40);2*1-2H3. The quantitative estimate of drug-likeness (QED) is 0.256. The number of hydrogen-bond acceptors (Lipinski definition) is 6. The minimum atomic E-state index is -4.58. The molecule has 0 atom stereocenters. The van der Waals surface area contributed by atoms with Crippen LogP contribution in [0.5, 0.6) is 0 Å². The summed E-state index contributed by atoms with van der Waals surface area (Å²) >= 11 is 9.25. The molecule has 15 heteroatoms. The Kier molecular flexibility index (Phi) is 10.9. The van der Waals surface area contributed by atoms with Gasteiger partial charge in [-0.05, 0) is 71.9 Å². The molecule has 3 aromatic heterocycles. The molecule has 0 bridgehead atoms. The summed E-state index contributed by atoms with van der Waals surface area (Å²) in [5.41, 5.74) is -0.222. The van der Waals surface area contributed by atoms with E-state index >= 15 is 0 Å². The third kappa shape index (κ3) is 6.82. The van der Waals surface area contributed by atoms with Gasteiger partial charge in [-0.2, -0.15) is 22.7 Å². The number of aromatic nitrogens is 5. The van der Waals surface area contributed by atoms with Crippen molar-refractivity contribution >= 4 is 50.8 Å². The van der Waals surface area contributed by atoms with Crippen molar-refractivity contribution in [2.75, 3.05) is 18.4 Å². The lowest BCUT2D eigenvalue weighted by Crippen LogP contribution is -2.46. The average Bonchev–Trinajstić information content (AvgIpc) is 3.63. The van der Waals surface area contributed by atoms with Crippen molar-refractivity contribution in [2.45, 2.75) is 71.5 Å². The van der Waals surface area contributed by atoms with Crippen LogP contribution in [-0.4, -0.2) is 54.0 Å². The Balaban J connectivity index is 0.00000116. The van der Waals surface area contributed by atoms with Crippen LogP contribution in [0.2, 0.25) is 5.02 Å². The second-order valence-corrected chi connectivity index (χ2v) is 11.5. The van der Waals surface area contributed by atoms with Gasteiger partial charge in [0.2, 0.25) is 16.4 Å². The minimum Gasteiger partial charge on any atom is -0.337 e. The lowest BCUT2D eigenvalue weighted by atomic mass is 9.74. The van der Waals surface area contributed by atoms with E-state index in [2.05, 4.69) is 36.3 Å². The number of nitrogens with zero attached hydrogens (tertiary/aromatic N) is 6. The third-order valence-electron chi connectivity index (χ3n) is 7.96. The molecule has 10 nitrogen and oxygen atoms in total. The molecule has 6 rings (SSSR count). The van der Waals surface area contributed by atoms with Crippen LogP contribution < -0.4 is 10.9 Å². The summed E-state index contributed by atoms with van der Waals surface area (Å²) in [6.45, 7) is 8.58. The summed E-state index contributed by atoms with van der Waals surface area (Å²) in [6, 6.07) is 7.84. The van der Waals surface area contributed by atoms with Gasteiger partial charge in [-0.15, -0.1) is 5.10 Å². The largest absolute Gasteiger partial charge is 0.416 e. The normalized spacial score (nSPS) is 15.0. The van der Waals surface area contributed by atoms with Crippen LogP contribution in [0, 0.1) is 0 Å². The molecule has 1 fully saturated rings. The highest BCUT2D eigenvalue weighted by Crippen LogP contribution is 2.45. The Bertz CT molecular complexity index is 1790. The molecule has 4 aromatic rings. The second kappa shape index (κ2) is 14.3. The number of nitrogens with one attached hydrogen (secondary N) is 1. The van der Waals surface area contributed by atoms with E-state index in [9.17, 15) is 27.6 Å². The van der Waals surface area contributed by atoms with Gasteiger partial charge < -0.3 is 14.8 Å². The Morgan fingerprint density at radius 3 is 2.37 bits per heavy atom. The molecule has 1 spiro atoms. The van der Waals surface area contributed by atoms with E-state index in [-0.39, 0.29) is 39.2 Å². The van der Waals surface area contributed by atoms with Gasteiger partial charge in [0.15, 0.2) is 0 Å². The Morgan fingerprint density at radius 2 is 1.76 bits per heavy atom. The first-order chi connectivity index (χ1) is 22.0. The van der Waals surface area contributed by atoms with Crippen molar-refractivity contribution < 1.29 is 22.8 Å². The van der Waals surface area contributed by atoms with Crippen molar-refractivity contribution in [2.24, 2.45) is 0 Å². The number of hydrogen-bond donors (Lipinski definition) is 1. The molecule has 1 N–H and O–H groups in total. The number of halogens is 5. The second-order valence-electron chi connectivity index (χ2n) is 10.3. The summed E-state index contributed by atoms with van der Waals surface area (Å²) in [7, 11) is 0. The molecule has 1 aliphatic carbocycles. The summed E-state index contributed by atoms with van der Waals surface area (Å²) in [5, 5.41) is 6.51. The predicted octanol–water partition coefficient (Wildman–Crippen LogP) is 6.53. The predicted molar refractivity (Wildman–Crippen MR) is 172 cm³/mol. The lowest BCUT2D eigenvalue weighted by molar-refractivity contribution is -0.137. The SMILES string of the molecule is CC.CC.O=C(Cn1c2c(c(=O)n3nc(Br)nc13)C1(CC2)CCN(C(=O)c2ccccn2)CC1)Nc1ccc(C(F)(F)F)cc1Cl. The number of pyridine rings is 1. The zero-order chi connectivity index (χ0) is 33.8. The molecule has 1 aromatic carbocycles. The summed E-state index contributed by atoms with van der Waals surface area (Å²) in [4.78, 5) is 50.1. The van der Waals surface area contributed by atoms with Crippen molar-refractivity contribution in [3.05, 3.63) is 85.2 Å². The maximum Gasteiger partial charge on any atom is 0.416 e. The topological polar surface area (TPSA) is 114 Å². The van der Waals surface area contributed by atoms with Crippen molar-refractivity contribution in [3.8, 4) is 0 Å². The molecule has 2 amide bonds. The molecular formula is C31H34BrClF3N7O3. The number of carbonyl (C=O) groups is 2. The maximum absolute atomic E-state index is 13.8. The van der Waals surface area contributed by atoms with Crippen LogP contribution in [0.3, 0.4) is 0 Å². The first kappa shape index (κ1) is 35.1. The number of rotatable bonds is 4. The number of carbonyl (C=O) groups excluding carboxylic acids is 2. The Morgan fingerprint density at radius 1 is 1.07 bits per heavy atom. The van der Waals surface area contributed by atoms with Gasteiger partial charge in [0.25, 0.3) is 11.5 Å². The van der Waals surface area contributed by atoms with Crippen LogP contribution in [0.1, 0.15) is 74.3 Å². The maximum atomic E-state index is 13.8. The van der Waals surface area contributed by atoms with Gasteiger partial charge in [-0.25, -0.2) is 0 Å². The number of anilines is 1. The fourth-order valence-corrected chi connectivity index (χ4v) is 6.48. The first-order valence-corrected chi connectivity index (χ1v) is 16.2. The highest BCUT2D eigenvalue weighted by molar-refractivity contribution is 9.10. The fraction of sp³-hybridized carbons (Fsp3) is 0.419. The summed E-state index contributed by atoms with van der Waals surface area (Å²) < 4.78 is 42.0. The molecule has 4 heterocycles. The van der Waals surface area contributed by atoms with Crippen LogP contribution in [0.15, 0.2) is 52.1 Å². The van der Waals surface area contributed by atoms with E-state index in [0.717, 1.165) is 22.7 Å². The van der Waals surface area contributed by atoms with Crippen molar-refractivity contribution in [3.63, 3.8) is 0 Å². The van der Waals surface area contributed by atoms with Gasteiger partial charge in [0.05, 0.1) is 16.3 Å². The van der Waals surface area contributed by atoms with Gasteiger partial charge in [0.1, 0.15) is 12.2 Å². The third-order valence-corrected chi connectivity index (χ3v) is 8.61. The molecular weight excluding hydrogens is 691 g/mol. The van der Waals surface area contributed by atoms with E-state index < -0.39 is 23.1 Å². The zero-order valence-electron chi connectivity index (χ0n) is 25.8. The fourth-order valence-electron chi connectivity index (χ4n) is 5.93. The van der Waals surface area contributed by atoms with E-state index in [1.807, 2.05) is 27.7 Å². The minimum absolute atomic E-state index is 0.0208. The van der Waals surface area contributed by atoms with Crippen molar-refractivity contribution in [1.29, 1.82) is 0 Å². The smallest absolute Gasteiger partial charge is 0.337 e. The monoisotopic (exact) mass is 723 g/mol.